The molecule has 1 heterocycles. The van der Waals surface area contributed by atoms with Gasteiger partial charge in [0.1, 0.15) is 29.5 Å². The number of ether oxygens (including phenoxy) is 1. The maximum Gasteiger partial charge on any atom is 0.328 e. The fraction of sp³-hybridized carbons (Fsp3) is 0.111. The molecule has 6 heteroatoms. The summed E-state index contributed by atoms with van der Waals surface area (Å²) in [5.74, 6) is -0.730. The van der Waals surface area contributed by atoms with E-state index in [1.165, 1.54) is 55.7 Å². The number of fused-ring (bicyclic) bond motifs is 1. The molecular formula is C18H14FNO4. The SMILES string of the molecule is CC(N)C(=O)Oc1ccc2c(=O)c(-c3ccc(F)cc3)coc2c1. The molecule has 0 aliphatic carbocycles. The van der Waals surface area contributed by atoms with E-state index in [4.69, 9.17) is 14.9 Å². The number of rotatable bonds is 3. The molecule has 0 aliphatic rings. The van der Waals surface area contributed by atoms with Crippen molar-refractivity contribution in [2.24, 2.45) is 5.73 Å². The average molecular weight is 327 g/mol. The molecule has 24 heavy (non-hydrogen) atoms. The van der Waals surface area contributed by atoms with Crippen LogP contribution in [0.15, 0.2) is 57.9 Å². The van der Waals surface area contributed by atoms with Crippen LogP contribution in [0, 0.1) is 5.82 Å². The summed E-state index contributed by atoms with van der Waals surface area (Å²) in [6, 6.07) is 9.26. The first-order valence-electron chi connectivity index (χ1n) is 7.24. The van der Waals surface area contributed by atoms with Crippen molar-refractivity contribution in [1.82, 2.24) is 0 Å². The van der Waals surface area contributed by atoms with Gasteiger partial charge in [0.15, 0.2) is 5.43 Å². The van der Waals surface area contributed by atoms with Gasteiger partial charge in [-0.05, 0) is 36.8 Å². The first-order chi connectivity index (χ1) is 11.5. The van der Waals surface area contributed by atoms with Crippen molar-refractivity contribution in [3.63, 3.8) is 0 Å². The summed E-state index contributed by atoms with van der Waals surface area (Å²) in [5.41, 5.74) is 6.34. The van der Waals surface area contributed by atoms with Gasteiger partial charge in [-0.25, -0.2) is 9.18 Å². The van der Waals surface area contributed by atoms with E-state index in [9.17, 15) is 14.0 Å². The van der Waals surface area contributed by atoms with Crippen LogP contribution < -0.4 is 15.9 Å². The van der Waals surface area contributed by atoms with Gasteiger partial charge in [0.05, 0.1) is 10.9 Å². The van der Waals surface area contributed by atoms with E-state index in [0.29, 0.717) is 16.5 Å². The number of esters is 1. The maximum absolute atomic E-state index is 13.0. The summed E-state index contributed by atoms with van der Waals surface area (Å²) >= 11 is 0. The number of benzene rings is 2. The number of hydrogen-bond acceptors (Lipinski definition) is 5. The topological polar surface area (TPSA) is 82.5 Å². The van der Waals surface area contributed by atoms with Gasteiger partial charge in [0.25, 0.3) is 0 Å². The van der Waals surface area contributed by atoms with Crippen LogP contribution >= 0.6 is 0 Å². The number of carbonyl (C=O) groups excluding carboxylic acids is 1. The van der Waals surface area contributed by atoms with E-state index in [1.54, 1.807) is 0 Å². The van der Waals surface area contributed by atoms with Crippen LogP contribution in [0.3, 0.4) is 0 Å². The third-order valence-electron chi connectivity index (χ3n) is 3.49. The van der Waals surface area contributed by atoms with Crippen LogP contribution in [0.4, 0.5) is 4.39 Å². The van der Waals surface area contributed by atoms with Crippen LogP contribution in [0.25, 0.3) is 22.1 Å². The lowest BCUT2D eigenvalue weighted by Crippen LogP contribution is -2.30. The molecule has 0 radical (unpaired) electrons. The second-order valence-electron chi connectivity index (χ2n) is 5.35. The number of carbonyl (C=O) groups is 1. The Morgan fingerprint density at radius 1 is 1.21 bits per heavy atom. The molecule has 2 N–H and O–H groups in total. The number of hydrogen-bond donors (Lipinski definition) is 1. The molecule has 0 saturated heterocycles. The van der Waals surface area contributed by atoms with Gasteiger partial charge in [0.2, 0.25) is 0 Å². The summed E-state index contributed by atoms with van der Waals surface area (Å²) < 4.78 is 23.6. The minimum Gasteiger partial charge on any atom is -0.463 e. The highest BCUT2D eigenvalue weighted by atomic mass is 19.1. The standard InChI is InChI=1S/C18H14FNO4/c1-10(20)18(22)24-13-6-7-14-16(8-13)23-9-15(17(14)21)11-2-4-12(19)5-3-11/h2-10H,20H2,1H3. The smallest absolute Gasteiger partial charge is 0.328 e. The molecular weight excluding hydrogens is 313 g/mol. The summed E-state index contributed by atoms with van der Waals surface area (Å²) in [6.07, 6.45) is 1.30. The molecule has 0 fully saturated rings. The molecule has 1 aromatic heterocycles. The predicted octanol–water partition coefficient (Wildman–Crippen LogP) is 2.85. The van der Waals surface area contributed by atoms with Crippen molar-refractivity contribution in [1.29, 1.82) is 0 Å². The average Bonchev–Trinajstić information content (AvgIpc) is 2.56. The highest BCUT2D eigenvalue weighted by molar-refractivity contribution is 5.84. The van der Waals surface area contributed by atoms with Gasteiger partial charge in [-0.1, -0.05) is 12.1 Å². The molecule has 5 nitrogen and oxygen atoms in total. The summed E-state index contributed by atoms with van der Waals surface area (Å²) in [4.78, 5) is 24.1. The van der Waals surface area contributed by atoms with E-state index in [2.05, 4.69) is 0 Å². The Hall–Kier alpha value is -2.99. The van der Waals surface area contributed by atoms with Crippen LogP contribution in [-0.4, -0.2) is 12.0 Å². The van der Waals surface area contributed by atoms with Gasteiger partial charge in [-0.2, -0.15) is 0 Å². The second-order valence-corrected chi connectivity index (χ2v) is 5.35. The van der Waals surface area contributed by atoms with Gasteiger partial charge < -0.3 is 14.9 Å². The van der Waals surface area contributed by atoms with Gasteiger partial charge in [-0.3, -0.25) is 4.79 Å². The molecule has 122 valence electrons. The van der Waals surface area contributed by atoms with Gasteiger partial charge in [-0.15, -0.1) is 0 Å². The lowest BCUT2D eigenvalue weighted by atomic mass is 10.1. The zero-order valence-corrected chi connectivity index (χ0v) is 12.8. The largest absolute Gasteiger partial charge is 0.463 e. The lowest BCUT2D eigenvalue weighted by Gasteiger charge is -2.08. The Bertz CT molecular complexity index is 961. The molecule has 3 rings (SSSR count). The lowest BCUT2D eigenvalue weighted by molar-refractivity contribution is -0.135. The van der Waals surface area contributed by atoms with E-state index < -0.39 is 12.0 Å². The van der Waals surface area contributed by atoms with E-state index >= 15 is 0 Å². The molecule has 0 amide bonds. The van der Waals surface area contributed by atoms with E-state index in [1.807, 2.05) is 0 Å². The van der Waals surface area contributed by atoms with Crippen LogP contribution in [-0.2, 0) is 4.79 Å². The molecule has 0 saturated carbocycles. The van der Waals surface area contributed by atoms with Crippen molar-refractivity contribution >= 4 is 16.9 Å². The third kappa shape index (κ3) is 3.04. The molecule has 0 aliphatic heterocycles. The predicted molar refractivity (Wildman–Crippen MR) is 87.2 cm³/mol. The third-order valence-corrected chi connectivity index (χ3v) is 3.49. The zero-order valence-electron chi connectivity index (χ0n) is 12.8. The van der Waals surface area contributed by atoms with Crippen molar-refractivity contribution in [2.75, 3.05) is 0 Å². The Balaban J connectivity index is 2.02. The Labute approximate surface area is 136 Å². The summed E-state index contributed by atoms with van der Waals surface area (Å²) in [5, 5.41) is 0.331. The van der Waals surface area contributed by atoms with Crippen molar-refractivity contribution in [3.8, 4) is 16.9 Å². The van der Waals surface area contributed by atoms with Crippen molar-refractivity contribution in [2.45, 2.75) is 13.0 Å². The zero-order chi connectivity index (χ0) is 17.3. The fourth-order valence-corrected chi connectivity index (χ4v) is 2.21. The highest BCUT2D eigenvalue weighted by Gasteiger charge is 2.13. The van der Waals surface area contributed by atoms with E-state index in [0.717, 1.165) is 0 Å². The summed E-state index contributed by atoms with van der Waals surface area (Å²) in [6.45, 7) is 1.51. The van der Waals surface area contributed by atoms with Gasteiger partial charge >= 0.3 is 5.97 Å². The van der Waals surface area contributed by atoms with Crippen molar-refractivity contribution in [3.05, 3.63) is 64.8 Å². The minimum atomic E-state index is -0.756. The molecule has 1 unspecified atom stereocenters. The number of halogens is 1. The maximum atomic E-state index is 13.0. The Kier molecular flexibility index (Phi) is 4.14. The Morgan fingerprint density at radius 3 is 2.58 bits per heavy atom. The second kappa shape index (κ2) is 6.25. The minimum absolute atomic E-state index is 0.238. The first-order valence-corrected chi connectivity index (χ1v) is 7.24. The molecule has 1 atom stereocenters. The monoisotopic (exact) mass is 327 g/mol. The molecule has 0 bridgehead atoms. The van der Waals surface area contributed by atoms with Crippen LogP contribution in [0.1, 0.15) is 6.92 Å². The highest BCUT2D eigenvalue weighted by Crippen LogP contribution is 2.23. The van der Waals surface area contributed by atoms with Crippen LogP contribution in [0.5, 0.6) is 5.75 Å². The fourth-order valence-electron chi connectivity index (χ4n) is 2.21. The normalized spacial score (nSPS) is 12.1. The Morgan fingerprint density at radius 2 is 1.92 bits per heavy atom. The van der Waals surface area contributed by atoms with Crippen molar-refractivity contribution < 1.29 is 18.3 Å². The molecule has 2 aromatic carbocycles. The van der Waals surface area contributed by atoms with Crippen LogP contribution in [0.2, 0.25) is 0 Å². The quantitative estimate of drug-likeness (QED) is 0.591. The van der Waals surface area contributed by atoms with Gasteiger partial charge in [0, 0.05) is 6.07 Å². The number of nitrogens with two attached hydrogens (primary N) is 1. The molecule has 3 aromatic rings. The summed E-state index contributed by atoms with van der Waals surface area (Å²) in [7, 11) is 0. The van der Waals surface area contributed by atoms with E-state index in [-0.39, 0.29) is 22.6 Å². The molecule has 0 spiro atoms. The first kappa shape index (κ1) is 15.9.